The van der Waals surface area contributed by atoms with Crippen molar-refractivity contribution in [3.8, 4) is 0 Å². The van der Waals surface area contributed by atoms with Crippen LogP contribution in [0.3, 0.4) is 0 Å². The van der Waals surface area contributed by atoms with Crippen molar-refractivity contribution in [2.75, 3.05) is 32.7 Å². The normalized spacial score (nSPS) is 19.9. The molecule has 1 saturated heterocycles. The Hall–Kier alpha value is -1.67. The van der Waals surface area contributed by atoms with Crippen molar-refractivity contribution < 1.29 is 8.42 Å². The van der Waals surface area contributed by atoms with Gasteiger partial charge in [0.1, 0.15) is 4.90 Å². The summed E-state index contributed by atoms with van der Waals surface area (Å²) < 4.78 is 26.9. The summed E-state index contributed by atoms with van der Waals surface area (Å²) >= 11 is 0. The third-order valence-electron chi connectivity index (χ3n) is 5.10. The number of sulfonamides is 1. The van der Waals surface area contributed by atoms with Crippen LogP contribution in [0.25, 0.3) is 0 Å². The van der Waals surface area contributed by atoms with Crippen LogP contribution in [0.5, 0.6) is 0 Å². The molecule has 1 aliphatic heterocycles. The summed E-state index contributed by atoms with van der Waals surface area (Å²) in [5.74, 6) is 0.895. The minimum absolute atomic E-state index is 0.178. The Morgan fingerprint density at radius 3 is 2.84 bits per heavy atom. The molecule has 0 atom stereocenters. The van der Waals surface area contributed by atoms with Gasteiger partial charge in [0.05, 0.1) is 6.54 Å². The van der Waals surface area contributed by atoms with Crippen LogP contribution >= 0.6 is 0 Å². The van der Waals surface area contributed by atoms with Crippen molar-refractivity contribution in [1.29, 1.82) is 0 Å². The van der Waals surface area contributed by atoms with Crippen LogP contribution in [0.2, 0.25) is 0 Å². The highest BCUT2D eigenvalue weighted by molar-refractivity contribution is 7.89. The Morgan fingerprint density at radius 1 is 1.40 bits per heavy atom. The summed E-state index contributed by atoms with van der Waals surface area (Å²) in [6.45, 7) is 5.64. The first-order chi connectivity index (χ1) is 12.0. The fourth-order valence-corrected chi connectivity index (χ4v) is 4.54. The average Bonchev–Trinajstić information content (AvgIpc) is 3.04. The molecule has 7 nitrogen and oxygen atoms in total. The summed E-state index contributed by atoms with van der Waals surface area (Å²) in [5, 5.41) is 3.33. The Kier molecular flexibility index (Phi) is 5.58. The number of pyridine rings is 1. The smallest absolute Gasteiger partial charge is 0.242 e. The zero-order chi connectivity index (χ0) is 17.8. The van der Waals surface area contributed by atoms with Crippen LogP contribution in [0.1, 0.15) is 32.6 Å². The number of likely N-dealkylation sites (tertiary alicyclic amines) is 1. The van der Waals surface area contributed by atoms with Crippen molar-refractivity contribution in [3.63, 3.8) is 0 Å². The molecule has 1 aromatic rings. The van der Waals surface area contributed by atoms with Crippen molar-refractivity contribution in [1.82, 2.24) is 19.9 Å². The molecule has 25 heavy (non-hydrogen) atoms. The Labute approximate surface area is 150 Å². The van der Waals surface area contributed by atoms with E-state index in [1.54, 1.807) is 12.3 Å². The zero-order valence-corrected chi connectivity index (χ0v) is 15.6. The predicted molar refractivity (Wildman–Crippen MR) is 97.9 cm³/mol. The molecule has 2 fully saturated rings. The van der Waals surface area contributed by atoms with Crippen LogP contribution in [0, 0.1) is 5.41 Å². The van der Waals surface area contributed by atoms with Gasteiger partial charge in [-0.05, 0) is 43.7 Å². The van der Waals surface area contributed by atoms with Crippen molar-refractivity contribution >= 4 is 16.0 Å². The van der Waals surface area contributed by atoms with Crippen molar-refractivity contribution in [2.45, 2.75) is 37.5 Å². The van der Waals surface area contributed by atoms with Crippen LogP contribution in [0.15, 0.2) is 34.4 Å². The fraction of sp³-hybridized carbons (Fsp3) is 0.647. The standard InChI is InChI=1S/C17H27N5O2S/c1-2-19-16(22-12-8-17(14-22)6-4-7-17)20-10-11-21-25(23,24)15-5-3-9-18-13-15/h3,5,9,13,21H,2,4,6-8,10-12,14H2,1H3,(H,19,20). The number of hydrogen-bond donors (Lipinski definition) is 2. The van der Waals surface area contributed by atoms with Crippen LogP contribution in [0.4, 0.5) is 0 Å². The lowest BCUT2D eigenvalue weighted by Gasteiger charge is -2.38. The lowest BCUT2D eigenvalue weighted by Crippen LogP contribution is -2.43. The van der Waals surface area contributed by atoms with Gasteiger partial charge in [0.25, 0.3) is 0 Å². The molecular formula is C17H27N5O2S. The molecule has 0 bridgehead atoms. The van der Waals surface area contributed by atoms with Crippen molar-refractivity contribution in [2.24, 2.45) is 10.4 Å². The van der Waals surface area contributed by atoms with Gasteiger partial charge in [0.15, 0.2) is 5.96 Å². The van der Waals surface area contributed by atoms with E-state index in [1.165, 1.54) is 37.9 Å². The topological polar surface area (TPSA) is 86.7 Å². The van der Waals surface area contributed by atoms with E-state index in [0.717, 1.165) is 25.6 Å². The second-order valence-electron chi connectivity index (χ2n) is 6.85. The van der Waals surface area contributed by atoms with Gasteiger partial charge in [0.2, 0.25) is 10.0 Å². The monoisotopic (exact) mass is 365 g/mol. The molecule has 1 spiro atoms. The SMILES string of the molecule is CCNC(=NCCNS(=O)(=O)c1cccnc1)N1CCC2(CCC2)C1. The highest BCUT2D eigenvalue weighted by atomic mass is 32.2. The van der Waals surface area contributed by atoms with E-state index in [9.17, 15) is 8.42 Å². The summed E-state index contributed by atoms with van der Waals surface area (Å²) in [6.07, 6.45) is 8.14. The first-order valence-electron chi connectivity index (χ1n) is 8.98. The van der Waals surface area contributed by atoms with Gasteiger partial charge in [-0.3, -0.25) is 9.98 Å². The second kappa shape index (κ2) is 7.70. The van der Waals surface area contributed by atoms with Crippen LogP contribution in [-0.4, -0.2) is 57.0 Å². The molecule has 1 saturated carbocycles. The lowest BCUT2D eigenvalue weighted by molar-refractivity contribution is 0.151. The number of nitrogens with one attached hydrogen (secondary N) is 2. The number of aromatic nitrogens is 1. The van der Waals surface area contributed by atoms with E-state index >= 15 is 0 Å². The summed E-state index contributed by atoms with van der Waals surface area (Å²) in [5.41, 5.74) is 0.512. The molecule has 138 valence electrons. The van der Waals surface area contributed by atoms with E-state index < -0.39 is 10.0 Å². The van der Waals surface area contributed by atoms with Gasteiger partial charge in [-0.25, -0.2) is 13.1 Å². The van der Waals surface area contributed by atoms with Gasteiger partial charge in [0, 0.05) is 38.6 Å². The molecule has 3 rings (SSSR count). The van der Waals surface area contributed by atoms with Crippen molar-refractivity contribution in [3.05, 3.63) is 24.5 Å². The molecule has 2 heterocycles. The van der Waals surface area contributed by atoms with E-state index in [-0.39, 0.29) is 11.4 Å². The molecule has 1 aromatic heterocycles. The third-order valence-corrected chi connectivity index (χ3v) is 6.54. The van der Waals surface area contributed by atoms with E-state index in [1.807, 2.05) is 0 Å². The average molecular weight is 366 g/mol. The largest absolute Gasteiger partial charge is 0.357 e. The van der Waals surface area contributed by atoms with Gasteiger partial charge in [-0.2, -0.15) is 0 Å². The lowest BCUT2D eigenvalue weighted by atomic mass is 9.68. The summed E-state index contributed by atoms with van der Waals surface area (Å²) in [7, 11) is -3.52. The molecule has 2 aliphatic rings. The first-order valence-corrected chi connectivity index (χ1v) is 10.5. The predicted octanol–water partition coefficient (Wildman–Crippen LogP) is 1.20. The Morgan fingerprint density at radius 2 is 2.24 bits per heavy atom. The minimum Gasteiger partial charge on any atom is -0.357 e. The first kappa shape index (κ1) is 18.1. The molecular weight excluding hydrogens is 338 g/mol. The molecule has 2 N–H and O–H groups in total. The molecule has 0 amide bonds. The molecule has 0 aromatic carbocycles. The highest BCUT2D eigenvalue weighted by Gasteiger charge is 2.43. The number of guanidine groups is 1. The molecule has 1 aliphatic carbocycles. The van der Waals surface area contributed by atoms with E-state index in [4.69, 9.17) is 0 Å². The van der Waals surface area contributed by atoms with Gasteiger partial charge >= 0.3 is 0 Å². The Bertz CT molecular complexity index is 701. The second-order valence-corrected chi connectivity index (χ2v) is 8.61. The highest BCUT2D eigenvalue weighted by Crippen LogP contribution is 2.47. The molecule has 8 heteroatoms. The number of aliphatic imine (C=N–C) groups is 1. The Balaban J connectivity index is 1.54. The zero-order valence-electron chi connectivity index (χ0n) is 14.7. The van der Waals surface area contributed by atoms with Crippen LogP contribution < -0.4 is 10.0 Å². The fourth-order valence-electron chi connectivity index (χ4n) is 3.56. The summed E-state index contributed by atoms with van der Waals surface area (Å²) in [4.78, 5) is 10.9. The number of nitrogens with zero attached hydrogens (tertiary/aromatic N) is 3. The number of hydrogen-bond acceptors (Lipinski definition) is 4. The molecule has 0 radical (unpaired) electrons. The van der Waals surface area contributed by atoms with Gasteiger partial charge in [-0.1, -0.05) is 6.42 Å². The number of rotatable bonds is 6. The maximum atomic E-state index is 12.2. The van der Waals surface area contributed by atoms with E-state index in [2.05, 4.69) is 31.8 Å². The third kappa shape index (κ3) is 4.30. The van der Waals surface area contributed by atoms with E-state index in [0.29, 0.717) is 12.0 Å². The molecule has 0 unspecified atom stereocenters. The maximum absolute atomic E-state index is 12.2. The van der Waals surface area contributed by atoms with Gasteiger partial charge < -0.3 is 10.2 Å². The minimum atomic E-state index is -3.52. The summed E-state index contributed by atoms with van der Waals surface area (Å²) in [6, 6.07) is 3.14. The maximum Gasteiger partial charge on any atom is 0.242 e. The van der Waals surface area contributed by atoms with Gasteiger partial charge in [-0.15, -0.1) is 0 Å². The quantitative estimate of drug-likeness (QED) is 0.449. The van der Waals surface area contributed by atoms with Crippen LogP contribution in [-0.2, 0) is 10.0 Å².